The van der Waals surface area contributed by atoms with Crippen molar-refractivity contribution in [1.29, 1.82) is 0 Å². The lowest BCUT2D eigenvalue weighted by molar-refractivity contribution is -0.166. The van der Waals surface area contributed by atoms with E-state index in [9.17, 15) is 23.6 Å². The molecule has 1 N–H and O–H groups in total. The molecule has 0 saturated carbocycles. The van der Waals surface area contributed by atoms with Crippen LogP contribution < -0.4 is 10.1 Å². The predicted octanol–water partition coefficient (Wildman–Crippen LogP) is 5.88. The Morgan fingerprint density at radius 2 is 1.73 bits per heavy atom. The Bertz CT molecular complexity index is 1350. The van der Waals surface area contributed by atoms with Gasteiger partial charge in [-0.15, -0.1) is 0 Å². The number of Topliss-reactive ketones (excluding diaryl/α,β-unsaturated/α-hetero) is 1. The van der Waals surface area contributed by atoms with Crippen molar-refractivity contribution in [1.82, 2.24) is 10.2 Å². The maximum Gasteiger partial charge on any atom is 0.411 e. The Balaban J connectivity index is 1.99. The lowest BCUT2D eigenvalue weighted by atomic mass is 9.85. The molecule has 41 heavy (non-hydrogen) atoms. The van der Waals surface area contributed by atoms with Gasteiger partial charge < -0.3 is 19.5 Å². The first-order chi connectivity index (χ1) is 18.9. The second-order valence-corrected chi connectivity index (χ2v) is 12.1. The van der Waals surface area contributed by atoms with Gasteiger partial charge in [0, 0.05) is 22.7 Å². The molecule has 0 unspecified atom stereocenters. The Kier molecular flexibility index (Phi) is 9.37. The fourth-order valence-corrected chi connectivity index (χ4v) is 4.51. The smallest absolute Gasteiger partial charge is 0.411 e. The number of rotatable bonds is 7. The van der Waals surface area contributed by atoms with Crippen molar-refractivity contribution in [3.8, 4) is 5.75 Å². The minimum absolute atomic E-state index is 0.0750. The highest BCUT2D eigenvalue weighted by molar-refractivity contribution is 6.31. The van der Waals surface area contributed by atoms with Crippen LogP contribution in [0.25, 0.3) is 0 Å². The summed E-state index contributed by atoms with van der Waals surface area (Å²) in [5.41, 5.74) is -1.09. The number of ketones is 1. The van der Waals surface area contributed by atoms with Crippen LogP contribution in [-0.2, 0) is 14.3 Å². The molecule has 222 valence electrons. The van der Waals surface area contributed by atoms with Crippen LogP contribution in [0.5, 0.6) is 5.75 Å². The first-order valence-electron chi connectivity index (χ1n) is 13.2. The van der Waals surface area contributed by atoms with Crippen LogP contribution in [0.3, 0.4) is 0 Å². The maximum atomic E-state index is 13.7. The SMILES string of the molecule is CC(=O)c1ccc2c(c1)[C@@H](NC(=O)c1ccc(F)c(Cl)c1)[C@H](OC(=O)CN(C(=O)OC(C)(C)C)C(C)C)C(C)(C)O2. The summed E-state index contributed by atoms with van der Waals surface area (Å²) in [6.07, 6.45) is -1.78. The largest absolute Gasteiger partial charge is 0.484 e. The number of hydrogen-bond acceptors (Lipinski definition) is 7. The fraction of sp³-hybridized carbons (Fsp3) is 0.467. The molecule has 0 aromatic heterocycles. The summed E-state index contributed by atoms with van der Waals surface area (Å²) in [6, 6.07) is 6.95. The molecule has 0 saturated heterocycles. The maximum absolute atomic E-state index is 13.7. The number of benzene rings is 2. The summed E-state index contributed by atoms with van der Waals surface area (Å²) in [5, 5.41) is 2.62. The topological polar surface area (TPSA) is 111 Å². The van der Waals surface area contributed by atoms with Gasteiger partial charge in [0.1, 0.15) is 29.3 Å². The van der Waals surface area contributed by atoms with Crippen LogP contribution in [0.1, 0.15) is 87.7 Å². The van der Waals surface area contributed by atoms with Gasteiger partial charge in [-0.2, -0.15) is 0 Å². The van der Waals surface area contributed by atoms with Crippen molar-refractivity contribution in [2.45, 2.75) is 84.8 Å². The Hall–Kier alpha value is -3.66. The molecular weight excluding hydrogens is 555 g/mol. The lowest BCUT2D eigenvalue weighted by Gasteiger charge is -2.44. The molecule has 2 atom stereocenters. The van der Waals surface area contributed by atoms with Gasteiger partial charge >= 0.3 is 12.1 Å². The average molecular weight is 591 g/mol. The third kappa shape index (κ3) is 7.75. The van der Waals surface area contributed by atoms with Crippen molar-refractivity contribution in [3.05, 3.63) is 63.9 Å². The summed E-state index contributed by atoms with van der Waals surface area (Å²) in [6.45, 7) is 13.0. The average Bonchev–Trinajstić information content (AvgIpc) is 2.84. The molecule has 3 rings (SSSR count). The van der Waals surface area contributed by atoms with E-state index < -0.39 is 53.7 Å². The van der Waals surface area contributed by atoms with Crippen molar-refractivity contribution < 1.29 is 37.8 Å². The monoisotopic (exact) mass is 590 g/mol. The van der Waals surface area contributed by atoms with E-state index in [1.807, 2.05) is 0 Å². The lowest BCUT2D eigenvalue weighted by Crippen LogP contribution is -2.56. The van der Waals surface area contributed by atoms with Crippen molar-refractivity contribution in [2.24, 2.45) is 0 Å². The van der Waals surface area contributed by atoms with E-state index in [-0.39, 0.29) is 22.4 Å². The quantitative estimate of drug-likeness (QED) is 0.316. The Morgan fingerprint density at radius 1 is 1.10 bits per heavy atom. The Morgan fingerprint density at radius 3 is 2.29 bits per heavy atom. The standard InChI is InChI=1S/C30H36ClFN2O7/c1-16(2)34(28(38)41-29(4,5)6)15-24(36)39-26-25(33-27(37)19-9-11-22(32)21(31)14-19)20-13-18(17(3)35)10-12-23(20)40-30(26,7)8/h9-14,16,25-26H,15H2,1-8H3,(H,33,37)/t25-,26+/m1/s1. The summed E-state index contributed by atoms with van der Waals surface area (Å²) in [5.74, 6) is -1.90. The number of fused-ring (bicyclic) bond motifs is 1. The zero-order chi connectivity index (χ0) is 30.9. The number of nitrogens with zero attached hydrogens (tertiary/aromatic N) is 1. The molecule has 0 fully saturated rings. The first kappa shape index (κ1) is 31.9. The van der Waals surface area contributed by atoms with E-state index in [0.29, 0.717) is 16.9 Å². The van der Waals surface area contributed by atoms with E-state index in [1.54, 1.807) is 66.7 Å². The predicted molar refractivity (Wildman–Crippen MR) is 151 cm³/mol. The number of ether oxygens (including phenoxy) is 3. The second kappa shape index (κ2) is 12.1. The minimum atomic E-state index is -1.16. The molecule has 0 radical (unpaired) electrons. The van der Waals surface area contributed by atoms with Crippen LogP contribution in [0, 0.1) is 5.82 Å². The normalized spacial score (nSPS) is 17.6. The molecule has 9 nitrogen and oxygen atoms in total. The van der Waals surface area contributed by atoms with E-state index in [4.69, 9.17) is 25.8 Å². The zero-order valence-corrected chi connectivity index (χ0v) is 25.2. The number of amides is 2. The number of carbonyl (C=O) groups excluding carboxylic acids is 4. The fourth-order valence-electron chi connectivity index (χ4n) is 4.33. The van der Waals surface area contributed by atoms with E-state index in [2.05, 4.69) is 5.32 Å². The van der Waals surface area contributed by atoms with Gasteiger partial charge in [0.25, 0.3) is 5.91 Å². The Labute approximate surface area is 244 Å². The number of carbonyl (C=O) groups is 4. The van der Waals surface area contributed by atoms with Gasteiger partial charge in [-0.3, -0.25) is 19.3 Å². The highest BCUT2D eigenvalue weighted by Crippen LogP contribution is 2.42. The molecule has 2 amide bonds. The van der Waals surface area contributed by atoms with E-state index in [1.165, 1.54) is 24.0 Å². The van der Waals surface area contributed by atoms with Gasteiger partial charge in [0.2, 0.25) is 0 Å². The third-order valence-corrected chi connectivity index (χ3v) is 6.68. The van der Waals surface area contributed by atoms with Crippen LogP contribution in [-0.4, -0.2) is 58.5 Å². The molecule has 1 aliphatic heterocycles. The summed E-state index contributed by atoms with van der Waals surface area (Å²) in [7, 11) is 0. The van der Waals surface area contributed by atoms with Crippen molar-refractivity contribution in [2.75, 3.05) is 6.54 Å². The highest BCUT2D eigenvalue weighted by Gasteiger charge is 2.48. The highest BCUT2D eigenvalue weighted by atomic mass is 35.5. The van der Waals surface area contributed by atoms with Crippen LogP contribution >= 0.6 is 11.6 Å². The third-order valence-electron chi connectivity index (χ3n) is 6.39. The first-order valence-corrected chi connectivity index (χ1v) is 13.6. The zero-order valence-electron chi connectivity index (χ0n) is 24.5. The molecule has 0 aliphatic carbocycles. The van der Waals surface area contributed by atoms with Crippen LogP contribution in [0.4, 0.5) is 9.18 Å². The number of esters is 1. The summed E-state index contributed by atoms with van der Waals surface area (Å²) >= 11 is 5.90. The number of halogens is 2. The molecule has 1 aliphatic rings. The second-order valence-electron chi connectivity index (χ2n) is 11.7. The molecule has 0 spiro atoms. The minimum Gasteiger partial charge on any atom is -0.484 e. The summed E-state index contributed by atoms with van der Waals surface area (Å²) in [4.78, 5) is 52.8. The summed E-state index contributed by atoms with van der Waals surface area (Å²) < 4.78 is 31.3. The van der Waals surface area contributed by atoms with Crippen molar-refractivity contribution in [3.63, 3.8) is 0 Å². The van der Waals surface area contributed by atoms with Crippen molar-refractivity contribution >= 4 is 35.4 Å². The van der Waals surface area contributed by atoms with Gasteiger partial charge in [-0.1, -0.05) is 11.6 Å². The molecule has 2 aromatic carbocycles. The molecular formula is C30H36ClFN2O7. The van der Waals surface area contributed by atoms with Gasteiger partial charge in [-0.25, -0.2) is 9.18 Å². The van der Waals surface area contributed by atoms with Crippen LogP contribution in [0.15, 0.2) is 36.4 Å². The van der Waals surface area contributed by atoms with Gasteiger partial charge in [-0.05, 0) is 91.8 Å². The van der Waals surface area contributed by atoms with Crippen LogP contribution in [0.2, 0.25) is 5.02 Å². The number of hydrogen-bond donors (Lipinski definition) is 1. The number of nitrogens with one attached hydrogen (secondary N) is 1. The molecule has 2 aromatic rings. The molecule has 0 bridgehead atoms. The van der Waals surface area contributed by atoms with Gasteiger partial charge in [0.05, 0.1) is 11.1 Å². The van der Waals surface area contributed by atoms with E-state index in [0.717, 1.165) is 6.07 Å². The molecule has 1 heterocycles. The van der Waals surface area contributed by atoms with E-state index >= 15 is 0 Å². The molecule has 11 heteroatoms. The van der Waals surface area contributed by atoms with Gasteiger partial charge in [0.15, 0.2) is 11.9 Å².